The molecule has 4 rings (SSSR count). The fraction of sp³-hybridized carbons (Fsp3) is 0.208. The number of benzene rings is 3. The Bertz CT molecular complexity index is 1070. The standard InChI is InChI=1S/C24H25N3/c1-24(2,3)22(25)23-26-15-21(27-23)20-12-11-18-13-17(9-10-19(18)14-20)16-7-5-4-6-8-16/h4-15,22H,25H2,1-3H3,(H,26,27)/t22-/m1/s1. The van der Waals surface area contributed by atoms with Crippen molar-refractivity contribution in [2.75, 3.05) is 0 Å². The number of imidazole rings is 1. The van der Waals surface area contributed by atoms with E-state index in [0.29, 0.717) is 0 Å². The Kier molecular flexibility index (Phi) is 4.33. The Hall–Kier alpha value is -2.91. The van der Waals surface area contributed by atoms with Crippen LogP contribution in [0.4, 0.5) is 0 Å². The molecule has 0 unspecified atom stereocenters. The summed E-state index contributed by atoms with van der Waals surface area (Å²) < 4.78 is 0. The van der Waals surface area contributed by atoms with Gasteiger partial charge in [0, 0.05) is 5.56 Å². The van der Waals surface area contributed by atoms with Gasteiger partial charge < -0.3 is 10.7 Å². The number of nitrogens with two attached hydrogens (primary N) is 1. The van der Waals surface area contributed by atoms with Gasteiger partial charge in [0.05, 0.1) is 17.9 Å². The van der Waals surface area contributed by atoms with E-state index in [2.05, 4.69) is 91.4 Å². The molecule has 0 saturated heterocycles. The summed E-state index contributed by atoms with van der Waals surface area (Å²) in [7, 11) is 0. The smallest absolute Gasteiger partial charge is 0.124 e. The zero-order valence-corrected chi connectivity index (χ0v) is 16.0. The molecule has 3 N–H and O–H groups in total. The fourth-order valence-electron chi connectivity index (χ4n) is 3.27. The Morgan fingerprint density at radius 3 is 2.11 bits per heavy atom. The van der Waals surface area contributed by atoms with Crippen LogP contribution < -0.4 is 5.73 Å². The quantitative estimate of drug-likeness (QED) is 0.477. The molecule has 1 atom stereocenters. The van der Waals surface area contributed by atoms with Crippen LogP contribution in [-0.2, 0) is 0 Å². The maximum absolute atomic E-state index is 6.33. The molecule has 1 heterocycles. The summed E-state index contributed by atoms with van der Waals surface area (Å²) in [5.41, 5.74) is 10.9. The van der Waals surface area contributed by atoms with Gasteiger partial charge in [-0.25, -0.2) is 4.98 Å². The molecule has 0 amide bonds. The highest BCUT2D eigenvalue weighted by Gasteiger charge is 2.24. The Morgan fingerprint density at radius 1 is 0.815 bits per heavy atom. The molecule has 0 saturated carbocycles. The van der Waals surface area contributed by atoms with E-state index in [-0.39, 0.29) is 11.5 Å². The first-order valence-corrected chi connectivity index (χ1v) is 9.32. The normalized spacial score (nSPS) is 13.0. The van der Waals surface area contributed by atoms with Gasteiger partial charge in [0.1, 0.15) is 5.82 Å². The van der Waals surface area contributed by atoms with E-state index < -0.39 is 0 Å². The van der Waals surface area contributed by atoms with Crippen molar-refractivity contribution >= 4 is 10.8 Å². The van der Waals surface area contributed by atoms with E-state index in [1.54, 1.807) is 0 Å². The lowest BCUT2D eigenvalue weighted by atomic mass is 9.87. The van der Waals surface area contributed by atoms with Crippen molar-refractivity contribution in [3.05, 3.63) is 78.8 Å². The summed E-state index contributed by atoms with van der Waals surface area (Å²) in [6.45, 7) is 6.38. The van der Waals surface area contributed by atoms with Crippen molar-refractivity contribution in [3.63, 3.8) is 0 Å². The highest BCUT2D eigenvalue weighted by molar-refractivity contribution is 5.90. The van der Waals surface area contributed by atoms with Gasteiger partial charge in [-0.1, -0.05) is 75.4 Å². The fourth-order valence-corrected chi connectivity index (χ4v) is 3.27. The van der Waals surface area contributed by atoms with Crippen LogP contribution in [0, 0.1) is 5.41 Å². The second-order valence-corrected chi connectivity index (χ2v) is 8.17. The van der Waals surface area contributed by atoms with Crippen LogP contribution in [0.3, 0.4) is 0 Å². The van der Waals surface area contributed by atoms with E-state index in [1.165, 1.54) is 21.9 Å². The average molecular weight is 355 g/mol. The Labute approximate surface area is 160 Å². The van der Waals surface area contributed by atoms with Crippen LogP contribution in [0.1, 0.15) is 32.6 Å². The van der Waals surface area contributed by atoms with Crippen molar-refractivity contribution in [1.82, 2.24) is 9.97 Å². The average Bonchev–Trinajstić information content (AvgIpc) is 3.16. The molecule has 0 fully saturated rings. The zero-order chi connectivity index (χ0) is 19.0. The predicted molar refractivity (Wildman–Crippen MR) is 113 cm³/mol. The molecule has 0 aliphatic heterocycles. The van der Waals surface area contributed by atoms with E-state index in [1.807, 2.05) is 12.3 Å². The van der Waals surface area contributed by atoms with Crippen LogP contribution >= 0.6 is 0 Å². The molecule has 136 valence electrons. The first kappa shape index (κ1) is 17.5. The monoisotopic (exact) mass is 355 g/mol. The summed E-state index contributed by atoms with van der Waals surface area (Å²) in [6, 6.07) is 23.4. The maximum Gasteiger partial charge on any atom is 0.124 e. The van der Waals surface area contributed by atoms with Crippen LogP contribution in [0.5, 0.6) is 0 Å². The molecular formula is C24H25N3. The number of aromatic nitrogens is 2. The second-order valence-electron chi connectivity index (χ2n) is 8.17. The van der Waals surface area contributed by atoms with Crippen molar-refractivity contribution in [2.45, 2.75) is 26.8 Å². The summed E-state index contributed by atoms with van der Waals surface area (Å²) in [4.78, 5) is 7.91. The second kappa shape index (κ2) is 6.67. The minimum Gasteiger partial charge on any atom is -0.341 e. The zero-order valence-electron chi connectivity index (χ0n) is 16.0. The van der Waals surface area contributed by atoms with Crippen LogP contribution in [-0.4, -0.2) is 9.97 Å². The topological polar surface area (TPSA) is 54.7 Å². The lowest BCUT2D eigenvalue weighted by Gasteiger charge is -2.24. The van der Waals surface area contributed by atoms with Crippen molar-refractivity contribution < 1.29 is 0 Å². The van der Waals surface area contributed by atoms with Crippen molar-refractivity contribution in [1.29, 1.82) is 0 Å². The largest absolute Gasteiger partial charge is 0.341 e. The summed E-state index contributed by atoms with van der Waals surface area (Å²) in [5, 5.41) is 2.44. The Balaban J connectivity index is 1.67. The van der Waals surface area contributed by atoms with Crippen LogP contribution in [0.25, 0.3) is 33.2 Å². The van der Waals surface area contributed by atoms with Gasteiger partial charge in [0.15, 0.2) is 0 Å². The number of fused-ring (bicyclic) bond motifs is 1. The number of aromatic amines is 1. The van der Waals surface area contributed by atoms with Gasteiger partial charge >= 0.3 is 0 Å². The van der Waals surface area contributed by atoms with Gasteiger partial charge in [-0.3, -0.25) is 0 Å². The van der Waals surface area contributed by atoms with E-state index >= 15 is 0 Å². The van der Waals surface area contributed by atoms with Gasteiger partial charge in [-0.05, 0) is 39.4 Å². The maximum atomic E-state index is 6.33. The van der Waals surface area contributed by atoms with Crippen LogP contribution in [0.15, 0.2) is 72.9 Å². The van der Waals surface area contributed by atoms with Gasteiger partial charge in [-0.15, -0.1) is 0 Å². The number of hydrogen-bond donors (Lipinski definition) is 2. The predicted octanol–water partition coefficient (Wildman–Crippen LogP) is 5.94. The summed E-state index contributed by atoms with van der Waals surface area (Å²) in [6.07, 6.45) is 1.88. The summed E-state index contributed by atoms with van der Waals surface area (Å²) in [5.74, 6) is 0.831. The van der Waals surface area contributed by atoms with Gasteiger partial charge in [-0.2, -0.15) is 0 Å². The lowest BCUT2D eigenvalue weighted by molar-refractivity contribution is 0.317. The first-order chi connectivity index (χ1) is 12.9. The molecule has 3 aromatic carbocycles. The molecule has 0 bridgehead atoms. The first-order valence-electron chi connectivity index (χ1n) is 9.32. The van der Waals surface area contributed by atoms with Gasteiger partial charge in [0.2, 0.25) is 0 Å². The molecule has 0 radical (unpaired) electrons. The molecule has 4 aromatic rings. The number of rotatable bonds is 3. The molecule has 1 aromatic heterocycles. The molecular weight excluding hydrogens is 330 g/mol. The van der Waals surface area contributed by atoms with Crippen molar-refractivity contribution in [3.8, 4) is 22.4 Å². The minimum absolute atomic E-state index is 0.0354. The molecule has 27 heavy (non-hydrogen) atoms. The van der Waals surface area contributed by atoms with Gasteiger partial charge in [0.25, 0.3) is 0 Å². The SMILES string of the molecule is CC(C)(C)[C@H](N)c1ncc(-c2ccc3cc(-c4ccccc4)ccc3c2)[nH]1. The van der Waals surface area contributed by atoms with E-state index in [9.17, 15) is 0 Å². The third-order valence-electron chi connectivity index (χ3n) is 5.08. The number of hydrogen-bond acceptors (Lipinski definition) is 2. The molecule has 0 aliphatic carbocycles. The molecule has 0 aliphatic rings. The van der Waals surface area contributed by atoms with E-state index in [0.717, 1.165) is 17.1 Å². The Morgan fingerprint density at radius 2 is 1.44 bits per heavy atom. The van der Waals surface area contributed by atoms with E-state index in [4.69, 9.17) is 5.73 Å². The van der Waals surface area contributed by atoms with Crippen LogP contribution in [0.2, 0.25) is 0 Å². The highest BCUT2D eigenvalue weighted by Crippen LogP contribution is 2.31. The highest BCUT2D eigenvalue weighted by atomic mass is 15.0. The lowest BCUT2D eigenvalue weighted by Crippen LogP contribution is -2.27. The van der Waals surface area contributed by atoms with Crippen molar-refractivity contribution in [2.24, 2.45) is 11.1 Å². The molecule has 3 heteroatoms. The third-order valence-corrected chi connectivity index (χ3v) is 5.08. The third kappa shape index (κ3) is 3.51. The summed E-state index contributed by atoms with van der Waals surface area (Å²) >= 11 is 0. The number of nitrogens with zero attached hydrogens (tertiary/aromatic N) is 1. The number of H-pyrrole nitrogens is 1. The molecule has 0 spiro atoms. The minimum atomic E-state index is -0.125. The number of nitrogens with one attached hydrogen (secondary N) is 1. The molecule has 3 nitrogen and oxygen atoms in total.